The summed E-state index contributed by atoms with van der Waals surface area (Å²) in [6.07, 6.45) is 2.42. The van der Waals surface area contributed by atoms with Crippen LogP contribution in [0.2, 0.25) is 0 Å². The van der Waals surface area contributed by atoms with Crippen molar-refractivity contribution in [2.75, 3.05) is 26.8 Å². The summed E-state index contributed by atoms with van der Waals surface area (Å²) in [5.74, 6) is 1.44. The highest BCUT2D eigenvalue weighted by Gasteiger charge is 2.35. The molecule has 1 aliphatic heterocycles. The van der Waals surface area contributed by atoms with E-state index in [-0.39, 0.29) is 0 Å². The largest absolute Gasteiger partial charge is 0.383 e. The van der Waals surface area contributed by atoms with E-state index in [1.807, 2.05) is 7.11 Å². The van der Waals surface area contributed by atoms with Crippen LogP contribution in [0.1, 0.15) is 47.5 Å². The Morgan fingerprint density at radius 3 is 2.37 bits per heavy atom. The highest BCUT2D eigenvalue weighted by molar-refractivity contribution is 4.92. The summed E-state index contributed by atoms with van der Waals surface area (Å²) >= 11 is 0. The lowest BCUT2D eigenvalue weighted by Crippen LogP contribution is -2.63. The van der Waals surface area contributed by atoms with E-state index in [0.717, 1.165) is 19.1 Å². The van der Waals surface area contributed by atoms with E-state index in [2.05, 4.69) is 44.8 Å². The number of methoxy groups -OCH3 is 1. The molecule has 0 aromatic rings. The van der Waals surface area contributed by atoms with Crippen molar-refractivity contribution in [3.05, 3.63) is 0 Å². The highest BCUT2D eigenvalue weighted by atomic mass is 16.5. The molecule has 19 heavy (non-hydrogen) atoms. The standard InChI is InChI=1S/C16H34N2O/c1-7-13(5)15-10-18(14(8-2)11-19-6)16(9-17-15)12(3)4/h12-17H,7-11H2,1-6H3. The van der Waals surface area contributed by atoms with Crippen molar-refractivity contribution in [2.45, 2.75) is 65.6 Å². The van der Waals surface area contributed by atoms with E-state index in [4.69, 9.17) is 4.74 Å². The minimum Gasteiger partial charge on any atom is -0.383 e. The smallest absolute Gasteiger partial charge is 0.0618 e. The molecule has 1 heterocycles. The summed E-state index contributed by atoms with van der Waals surface area (Å²) in [4.78, 5) is 2.71. The van der Waals surface area contributed by atoms with Crippen LogP contribution < -0.4 is 5.32 Å². The number of piperazine rings is 1. The molecule has 0 amide bonds. The third-order valence-electron chi connectivity index (χ3n) is 4.82. The van der Waals surface area contributed by atoms with E-state index in [9.17, 15) is 0 Å². The first kappa shape index (κ1) is 16.9. The van der Waals surface area contributed by atoms with Crippen molar-refractivity contribution in [3.8, 4) is 0 Å². The average Bonchev–Trinajstić information content (AvgIpc) is 2.43. The molecule has 0 saturated carbocycles. The first-order valence-corrected chi connectivity index (χ1v) is 8.03. The SMILES string of the molecule is CCC(C)C1CN(C(CC)COC)C(C(C)C)CN1. The Hall–Kier alpha value is -0.120. The lowest BCUT2D eigenvalue weighted by Gasteiger charge is -2.47. The minimum absolute atomic E-state index is 0.561. The van der Waals surface area contributed by atoms with Crippen molar-refractivity contribution < 1.29 is 4.74 Å². The van der Waals surface area contributed by atoms with Crippen LogP contribution in [-0.4, -0.2) is 49.8 Å². The molecule has 114 valence electrons. The van der Waals surface area contributed by atoms with Crippen LogP contribution >= 0.6 is 0 Å². The van der Waals surface area contributed by atoms with Crippen LogP contribution in [0.15, 0.2) is 0 Å². The molecular weight excluding hydrogens is 236 g/mol. The van der Waals surface area contributed by atoms with Gasteiger partial charge in [0.25, 0.3) is 0 Å². The molecule has 4 atom stereocenters. The van der Waals surface area contributed by atoms with Gasteiger partial charge in [0.1, 0.15) is 0 Å². The van der Waals surface area contributed by atoms with Crippen molar-refractivity contribution in [1.29, 1.82) is 0 Å². The van der Waals surface area contributed by atoms with E-state index in [1.54, 1.807) is 0 Å². The molecule has 1 rings (SSSR count). The van der Waals surface area contributed by atoms with Gasteiger partial charge in [0.05, 0.1) is 6.61 Å². The summed E-state index contributed by atoms with van der Waals surface area (Å²) in [7, 11) is 1.82. The van der Waals surface area contributed by atoms with Crippen molar-refractivity contribution in [1.82, 2.24) is 10.2 Å². The van der Waals surface area contributed by atoms with Crippen molar-refractivity contribution in [3.63, 3.8) is 0 Å². The summed E-state index contributed by atoms with van der Waals surface area (Å²) < 4.78 is 5.44. The molecule has 3 nitrogen and oxygen atoms in total. The summed E-state index contributed by atoms with van der Waals surface area (Å²) in [6, 6.07) is 1.83. The summed E-state index contributed by atoms with van der Waals surface area (Å²) in [5, 5.41) is 3.77. The Kier molecular flexibility index (Phi) is 7.33. The number of ether oxygens (including phenoxy) is 1. The minimum atomic E-state index is 0.561. The van der Waals surface area contributed by atoms with Gasteiger partial charge in [0.2, 0.25) is 0 Å². The Bertz CT molecular complexity index is 245. The maximum absolute atomic E-state index is 5.44. The molecule has 0 bridgehead atoms. The van der Waals surface area contributed by atoms with Gasteiger partial charge >= 0.3 is 0 Å². The number of hydrogen-bond donors (Lipinski definition) is 1. The lowest BCUT2D eigenvalue weighted by atomic mass is 9.90. The Labute approximate surface area is 120 Å². The number of rotatable bonds is 7. The Morgan fingerprint density at radius 1 is 1.21 bits per heavy atom. The fourth-order valence-corrected chi connectivity index (χ4v) is 3.16. The summed E-state index contributed by atoms with van der Waals surface area (Å²) in [5.41, 5.74) is 0. The topological polar surface area (TPSA) is 24.5 Å². The zero-order valence-corrected chi connectivity index (χ0v) is 13.8. The van der Waals surface area contributed by atoms with E-state index in [1.165, 1.54) is 19.4 Å². The van der Waals surface area contributed by atoms with Gasteiger partial charge in [-0.1, -0.05) is 41.0 Å². The number of nitrogens with one attached hydrogen (secondary N) is 1. The summed E-state index contributed by atoms with van der Waals surface area (Å²) in [6.45, 7) is 14.7. The van der Waals surface area contributed by atoms with Gasteiger partial charge in [-0.15, -0.1) is 0 Å². The molecule has 3 heteroatoms. The lowest BCUT2D eigenvalue weighted by molar-refractivity contribution is 0.00736. The Balaban J connectivity index is 2.77. The fourth-order valence-electron chi connectivity index (χ4n) is 3.16. The molecule has 0 radical (unpaired) electrons. The quantitative estimate of drug-likeness (QED) is 0.770. The molecule has 1 saturated heterocycles. The molecule has 1 N–H and O–H groups in total. The molecule has 0 spiro atoms. The second-order valence-electron chi connectivity index (χ2n) is 6.43. The maximum Gasteiger partial charge on any atom is 0.0618 e. The van der Waals surface area contributed by atoms with E-state index >= 15 is 0 Å². The molecule has 4 unspecified atom stereocenters. The third kappa shape index (κ3) is 4.44. The number of nitrogens with zero attached hydrogens (tertiary/aromatic N) is 1. The van der Waals surface area contributed by atoms with Crippen molar-refractivity contribution >= 4 is 0 Å². The second-order valence-corrected chi connectivity index (χ2v) is 6.43. The zero-order chi connectivity index (χ0) is 14.4. The maximum atomic E-state index is 5.44. The Morgan fingerprint density at radius 2 is 1.89 bits per heavy atom. The molecule has 1 aliphatic rings. The third-order valence-corrected chi connectivity index (χ3v) is 4.82. The van der Waals surface area contributed by atoms with Crippen LogP contribution in [-0.2, 0) is 4.74 Å². The zero-order valence-electron chi connectivity index (χ0n) is 13.8. The molecule has 1 fully saturated rings. The van der Waals surface area contributed by atoms with Gasteiger partial charge < -0.3 is 10.1 Å². The van der Waals surface area contributed by atoms with Gasteiger partial charge in [-0.25, -0.2) is 0 Å². The normalized spacial score (nSPS) is 28.6. The number of hydrogen-bond acceptors (Lipinski definition) is 3. The molecule has 0 aliphatic carbocycles. The van der Waals surface area contributed by atoms with Crippen LogP contribution in [0.25, 0.3) is 0 Å². The molecule has 0 aromatic carbocycles. The monoisotopic (exact) mass is 270 g/mol. The molecular formula is C16H34N2O. The average molecular weight is 270 g/mol. The fraction of sp³-hybridized carbons (Fsp3) is 1.00. The van der Waals surface area contributed by atoms with Crippen LogP contribution in [0, 0.1) is 11.8 Å². The predicted octanol–water partition coefficient (Wildman–Crippen LogP) is 2.76. The van der Waals surface area contributed by atoms with E-state index < -0.39 is 0 Å². The van der Waals surface area contributed by atoms with Crippen molar-refractivity contribution in [2.24, 2.45) is 11.8 Å². The first-order valence-electron chi connectivity index (χ1n) is 8.03. The second kappa shape index (κ2) is 8.23. The predicted molar refractivity (Wildman–Crippen MR) is 82.5 cm³/mol. The van der Waals surface area contributed by atoms with Crippen LogP contribution in [0.5, 0.6) is 0 Å². The van der Waals surface area contributed by atoms with E-state index in [0.29, 0.717) is 24.0 Å². The van der Waals surface area contributed by atoms with Crippen LogP contribution in [0.4, 0.5) is 0 Å². The van der Waals surface area contributed by atoms with Gasteiger partial charge in [-0.05, 0) is 18.3 Å². The first-order chi connectivity index (χ1) is 9.04. The molecule has 0 aromatic heterocycles. The highest BCUT2D eigenvalue weighted by Crippen LogP contribution is 2.23. The van der Waals surface area contributed by atoms with Gasteiger partial charge in [-0.3, -0.25) is 4.90 Å². The van der Waals surface area contributed by atoms with Gasteiger partial charge in [0.15, 0.2) is 0 Å². The van der Waals surface area contributed by atoms with Gasteiger partial charge in [0, 0.05) is 38.3 Å². The van der Waals surface area contributed by atoms with Crippen LogP contribution in [0.3, 0.4) is 0 Å². The van der Waals surface area contributed by atoms with Gasteiger partial charge in [-0.2, -0.15) is 0 Å².